The summed E-state index contributed by atoms with van der Waals surface area (Å²) in [7, 11) is 0. The first-order valence-electron chi connectivity index (χ1n) is 8.76. The van der Waals surface area contributed by atoms with Gasteiger partial charge in [0.2, 0.25) is 0 Å². The molecule has 0 saturated carbocycles. The van der Waals surface area contributed by atoms with Gasteiger partial charge in [-0.05, 0) is 29.2 Å². The van der Waals surface area contributed by atoms with Gasteiger partial charge >= 0.3 is 6.09 Å². The molecule has 7 nitrogen and oxygen atoms in total. The van der Waals surface area contributed by atoms with Crippen LogP contribution < -0.4 is 10.6 Å². The van der Waals surface area contributed by atoms with Crippen molar-refractivity contribution in [3.8, 4) is 0 Å². The van der Waals surface area contributed by atoms with E-state index in [-0.39, 0.29) is 25.5 Å². The number of carbonyl (C=O) groups is 2. The van der Waals surface area contributed by atoms with Crippen LogP contribution in [0.2, 0.25) is 0 Å². The molecule has 0 aliphatic carbocycles. The van der Waals surface area contributed by atoms with Crippen LogP contribution in [0.25, 0.3) is 0 Å². The molecule has 2 aromatic rings. The van der Waals surface area contributed by atoms with Crippen molar-refractivity contribution in [1.82, 2.24) is 10.6 Å². The van der Waals surface area contributed by atoms with Crippen molar-refractivity contribution in [2.24, 2.45) is 0 Å². The first kappa shape index (κ1) is 18.9. The third-order valence-electron chi connectivity index (χ3n) is 4.45. The molecule has 2 atom stereocenters. The summed E-state index contributed by atoms with van der Waals surface area (Å²) >= 11 is 0. The van der Waals surface area contributed by atoms with Gasteiger partial charge in [0.1, 0.15) is 12.7 Å². The number of aliphatic hydroxyl groups excluding tert-OH is 2. The summed E-state index contributed by atoms with van der Waals surface area (Å²) in [6, 6.07) is 14.3. The number of amides is 2. The van der Waals surface area contributed by atoms with Crippen LogP contribution in [0, 0.1) is 0 Å². The summed E-state index contributed by atoms with van der Waals surface area (Å²) < 4.78 is 5.08. The van der Waals surface area contributed by atoms with E-state index in [0.717, 1.165) is 11.1 Å². The maximum atomic E-state index is 11.7. The lowest BCUT2D eigenvalue weighted by atomic mass is 9.98. The molecule has 2 unspecified atom stereocenters. The lowest BCUT2D eigenvalue weighted by Crippen LogP contribution is -2.29. The number of hydrogen-bond acceptors (Lipinski definition) is 5. The molecule has 0 spiro atoms. The van der Waals surface area contributed by atoms with Gasteiger partial charge in [-0.15, -0.1) is 0 Å². The zero-order valence-electron chi connectivity index (χ0n) is 14.7. The van der Waals surface area contributed by atoms with E-state index in [4.69, 9.17) is 4.74 Å². The molecule has 27 heavy (non-hydrogen) atoms. The first-order valence-corrected chi connectivity index (χ1v) is 8.76. The average Bonchev–Trinajstić information content (AvgIpc) is 3.07. The summed E-state index contributed by atoms with van der Waals surface area (Å²) in [4.78, 5) is 23.4. The smallest absolute Gasteiger partial charge is 0.407 e. The molecule has 7 heteroatoms. The Morgan fingerprint density at radius 3 is 2.74 bits per heavy atom. The fourth-order valence-electron chi connectivity index (χ4n) is 2.89. The molecule has 0 aromatic heterocycles. The van der Waals surface area contributed by atoms with Gasteiger partial charge in [0.15, 0.2) is 0 Å². The molecule has 0 saturated heterocycles. The summed E-state index contributed by atoms with van der Waals surface area (Å²) in [6.45, 7) is 0.786. The van der Waals surface area contributed by atoms with Crippen LogP contribution in [-0.4, -0.2) is 34.9 Å². The number of alkyl carbamates (subject to hydrolysis) is 1. The molecular weight excluding hydrogens is 348 g/mol. The Morgan fingerprint density at radius 2 is 1.96 bits per heavy atom. The highest BCUT2D eigenvalue weighted by molar-refractivity contribution is 5.98. The van der Waals surface area contributed by atoms with Crippen LogP contribution in [0.15, 0.2) is 48.5 Å². The molecule has 1 heterocycles. The minimum Gasteiger partial charge on any atom is -0.445 e. The van der Waals surface area contributed by atoms with Gasteiger partial charge in [-0.25, -0.2) is 4.79 Å². The zero-order valence-corrected chi connectivity index (χ0v) is 14.7. The number of benzene rings is 2. The Kier molecular flexibility index (Phi) is 6.05. The van der Waals surface area contributed by atoms with Crippen LogP contribution in [0.4, 0.5) is 4.79 Å². The predicted octanol–water partition coefficient (Wildman–Crippen LogP) is 1.64. The van der Waals surface area contributed by atoms with Crippen molar-refractivity contribution in [2.45, 2.75) is 31.8 Å². The Hall–Kier alpha value is -2.90. The molecule has 142 valence electrons. The predicted molar refractivity (Wildman–Crippen MR) is 97.8 cm³/mol. The van der Waals surface area contributed by atoms with Crippen molar-refractivity contribution in [3.63, 3.8) is 0 Å². The number of aliphatic hydroxyl groups is 2. The fraction of sp³-hybridized carbons (Fsp3) is 0.300. The quantitative estimate of drug-likeness (QED) is 0.593. The Bertz CT molecular complexity index is 809. The van der Waals surface area contributed by atoms with Crippen molar-refractivity contribution in [2.75, 3.05) is 6.54 Å². The summed E-state index contributed by atoms with van der Waals surface area (Å²) in [5.41, 5.74) is 2.73. The third kappa shape index (κ3) is 4.84. The molecule has 2 aromatic carbocycles. The lowest BCUT2D eigenvalue weighted by molar-refractivity contribution is 0.0136. The number of nitrogens with one attached hydrogen (secondary N) is 2. The Labute approximate surface area is 157 Å². The zero-order chi connectivity index (χ0) is 19.2. The highest BCUT2D eigenvalue weighted by atomic mass is 16.5. The maximum Gasteiger partial charge on any atom is 0.407 e. The highest BCUT2D eigenvalue weighted by Crippen LogP contribution is 2.24. The molecule has 4 N–H and O–H groups in total. The molecule has 1 aliphatic rings. The standard InChI is InChI=1S/C20H22N2O5/c23-17(8-9-21-20(26)27-12-13-4-2-1-3-5-13)18(24)14-6-7-15-11-22-19(25)16(15)10-14/h1-7,10,17-18,23-24H,8-9,11-12H2,(H,21,26)(H,22,25). The van der Waals surface area contributed by atoms with E-state index in [9.17, 15) is 19.8 Å². The molecule has 0 bridgehead atoms. The number of ether oxygens (including phenoxy) is 1. The monoisotopic (exact) mass is 370 g/mol. The van der Waals surface area contributed by atoms with Crippen molar-refractivity contribution in [3.05, 3.63) is 70.8 Å². The van der Waals surface area contributed by atoms with Gasteiger partial charge in [0.25, 0.3) is 5.91 Å². The van der Waals surface area contributed by atoms with Crippen LogP contribution in [0.1, 0.15) is 39.6 Å². The number of carbonyl (C=O) groups excluding carboxylic acids is 2. The molecular formula is C20H22N2O5. The van der Waals surface area contributed by atoms with E-state index in [1.54, 1.807) is 18.2 Å². The molecule has 3 rings (SSSR count). The van der Waals surface area contributed by atoms with E-state index in [2.05, 4.69) is 10.6 Å². The normalized spacial score (nSPS) is 14.8. The average molecular weight is 370 g/mol. The van der Waals surface area contributed by atoms with Gasteiger partial charge in [-0.3, -0.25) is 4.79 Å². The number of hydrogen-bond donors (Lipinski definition) is 4. The SMILES string of the molecule is O=C(NCCC(O)C(O)c1ccc2c(c1)C(=O)NC2)OCc1ccccc1. The van der Waals surface area contributed by atoms with Gasteiger partial charge in [-0.2, -0.15) is 0 Å². The van der Waals surface area contributed by atoms with Gasteiger partial charge in [0, 0.05) is 18.7 Å². The topological polar surface area (TPSA) is 108 Å². The molecule has 0 radical (unpaired) electrons. The summed E-state index contributed by atoms with van der Waals surface area (Å²) in [5, 5.41) is 25.7. The Balaban J connectivity index is 1.43. The molecule has 1 aliphatic heterocycles. The van der Waals surface area contributed by atoms with Crippen molar-refractivity contribution >= 4 is 12.0 Å². The van der Waals surface area contributed by atoms with E-state index in [1.807, 2.05) is 30.3 Å². The van der Waals surface area contributed by atoms with E-state index < -0.39 is 18.3 Å². The summed E-state index contributed by atoms with van der Waals surface area (Å²) in [6.07, 6.45) is -2.67. The number of fused-ring (bicyclic) bond motifs is 1. The summed E-state index contributed by atoms with van der Waals surface area (Å²) in [5.74, 6) is -0.184. The first-order chi connectivity index (χ1) is 13.0. The largest absolute Gasteiger partial charge is 0.445 e. The second-order valence-corrected chi connectivity index (χ2v) is 6.39. The fourth-order valence-corrected chi connectivity index (χ4v) is 2.89. The maximum absolute atomic E-state index is 11.7. The lowest BCUT2D eigenvalue weighted by Gasteiger charge is -2.19. The molecule has 0 fully saturated rings. The van der Waals surface area contributed by atoms with Gasteiger partial charge in [0.05, 0.1) is 6.10 Å². The van der Waals surface area contributed by atoms with Crippen molar-refractivity contribution in [1.29, 1.82) is 0 Å². The van der Waals surface area contributed by atoms with Crippen LogP contribution >= 0.6 is 0 Å². The van der Waals surface area contributed by atoms with Crippen LogP contribution in [0.5, 0.6) is 0 Å². The van der Waals surface area contributed by atoms with E-state index in [0.29, 0.717) is 17.7 Å². The minimum absolute atomic E-state index is 0.144. The number of rotatable bonds is 7. The third-order valence-corrected chi connectivity index (χ3v) is 4.45. The second kappa shape index (κ2) is 8.66. The van der Waals surface area contributed by atoms with E-state index in [1.165, 1.54) is 0 Å². The minimum atomic E-state index is -1.15. The van der Waals surface area contributed by atoms with Gasteiger partial charge < -0.3 is 25.6 Å². The molecule has 2 amide bonds. The van der Waals surface area contributed by atoms with Crippen molar-refractivity contribution < 1.29 is 24.5 Å². The highest BCUT2D eigenvalue weighted by Gasteiger charge is 2.23. The van der Waals surface area contributed by atoms with E-state index >= 15 is 0 Å². The Morgan fingerprint density at radius 1 is 1.19 bits per heavy atom. The van der Waals surface area contributed by atoms with Gasteiger partial charge in [-0.1, -0.05) is 42.5 Å². The second-order valence-electron chi connectivity index (χ2n) is 6.39. The van der Waals surface area contributed by atoms with Crippen LogP contribution in [0.3, 0.4) is 0 Å². The van der Waals surface area contributed by atoms with Crippen LogP contribution in [-0.2, 0) is 17.9 Å².